The Morgan fingerprint density at radius 1 is 1.10 bits per heavy atom. The number of carbonyl (C=O) groups is 1. The topological polar surface area (TPSA) is 105 Å². The fraction of sp³-hybridized carbons (Fsp3) is 0.300. The minimum Gasteiger partial charge on any atom is -0.459 e. The molecule has 0 aliphatic heterocycles. The number of halogens is 1. The van der Waals surface area contributed by atoms with E-state index in [1.54, 1.807) is 67.8 Å². The van der Waals surface area contributed by atoms with E-state index < -0.39 is 27.4 Å². The average Bonchev–Trinajstić information content (AvgIpc) is 3.22. The van der Waals surface area contributed by atoms with Crippen LogP contribution < -0.4 is 4.31 Å². The van der Waals surface area contributed by atoms with Crippen LogP contribution in [0.3, 0.4) is 0 Å². The van der Waals surface area contributed by atoms with Crippen molar-refractivity contribution in [2.75, 3.05) is 4.31 Å². The Morgan fingerprint density at radius 2 is 1.80 bits per heavy atom. The molecule has 4 aromatic rings. The summed E-state index contributed by atoms with van der Waals surface area (Å²) < 4.78 is 49.8. The Hall–Kier alpha value is -4.23. The van der Waals surface area contributed by atoms with Gasteiger partial charge in [-0.1, -0.05) is 25.1 Å². The zero-order valence-corrected chi connectivity index (χ0v) is 23.7. The van der Waals surface area contributed by atoms with Gasteiger partial charge in [-0.25, -0.2) is 17.8 Å². The van der Waals surface area contributed by atoms with Gasteiger partial charge < -0.3 is 9.30 Å². The van der Waals surface area contributed by atoms with Crippen molar-refractivity contribution in [2.24, 2.45) is 0 Å². The molecule has 0 aliphatic rings. The molecule has 0 fully saturated rings. The van der Waals surface area contributed by atoms with Crippen molar-refractivity contribution in [1.82, 2.24) is 9.55 Å². The molecule has 40 heavy (non-hydrogen) atoms. The second-order valence-electron chi connectivity index (χ2n) is 10.4. The highest BCUT2D eigenvalue weighted by molar-refractivity contribution is 7.92. The first-order valence-corrected chi connectivity index (χ1v) is 14.3. The van der Waals surface area contributed by atoms with Gasteiger partial charge >= 0.3 is 5.97 Å². The third-order valence-electron chi connectivity index (χ3n) is 6.13. The number of sulfonamides is 1. The molecule has 8 nitrogen and oxygen atoms in total. The van der Waals surface area contributed by atoms with Crippen molar-refractivity contribution in [2.45, 2.75) is 64.1 Å². The number of esters is 1. The third-order valence-corrected chi connectivity index (χ3v) is 7.92. The quantitative estimate of drug-likeness (QED) is 0.241. The molecular formula is C30H31FN4O4S. The maximum Gasteiger partial charge on any atom is 0.326 e. The predicted octanol–water partition coefficient (Wildman–Crippen LogP) is 5.74. The third kappa shape index (κ3) is 6.32. The molecule has 0 N–H and O–H groups in total. The van der Waals surface area contributed by atoms with Crippen LogP contribution in [0.2, 0.25) is 0 Å². The Bertz CT molecular complexity index is 1680. The highest BCUT2D eigenvalue weighted by Crippen LogP contribution is 2.30. The largest absolute Gasteiger partial charge is 0.459 e. The lowest BCUT2D eigenvalue weighted by Gasteiger charge is -2.25. The van der Waals surface area contributed by atoms with Crippen molar-refractivity contribution in [3.8, 4) is 6.07 Å². The van der Waals surface area contributed by atoms with Crippen LogP contribution in [0.1, 0.15) is 51.1 Å². The molecule has 0 saturated carbocycles. The van der Waals surface area contributed by atoms with Crippen LogP contribution in [0.5, 0.6) is 0 Å². The van der Waals surface area contributed by atoms with E-state index in [1.807, 2.05) is 6.92 Å². The highest BCUT2D eigenvalue weighted by atomic mass is 32.2. The molecule has 0 atom stereocenters. The first kappa shape index (κ1) is 28.8. The van der Waals surface area contributed by atoms with E-state index >= 15 is 0 Å². The van der Waals surface area contributed by atoms with Crippen molar-refractivity contribution in [1.29, 1.82) is 5.26 Å². The van der Waals surface area contributed by atoms with Crippen LogP contribution in [0, 0.1) is 17.1 Å². The minimum absolute atomic E-state index is 0.0322. The summed E-state index contributed by atoms with van der Waals surface area (Å²) in [5.74, 6) is -0.272. The molecule has 10 heteroatoms. The van der Waals surface area contributed by atoms with Gasteiger partial charge in [-0.3, -0.25) is 9.10 Å². The normalized spacial score (nSPS) is 11.8. The van der Waals surface area contributed by atoms with Crippen LogP contribution in [-0.4, -0.2) is 29.5 Å². The molecule has 0 unspecified atom stereocenters. The number of aromatic nitrogens is 2. The van der Waals surface area contributed by atoms with E-state index in [-0.39, 0.29) is 18.0 Å². The number of nitriles is 1. The van der Waals surface area contributed by atoms with Gasteiger partial charge in [-0.2, -0.15) is 5.26 Å². The fourth-order valence-electron chi connectivity index (χ4n) is 4.39. The van der Waals surface area contributed by atoms with Crippen molar-refractivity contribution < 1.29 is 22.3 Å². The molecule has 0 saturated heterocycles. The van der Waals surface area contributed by atoms with E-state index in [1.165, 1.54) is 16.4 Å². The maximum atomic E-state index is 13.9. The number of rotatable bonds is 9. The van der Waals surface area contributed by atoms with Gasteiger partial charge in [-0.15, -0.1) is 0 Å². The summed E-state index contributed by atoms with van der Waals surface area (Å²) in [6.45, 7) is 7.25. The number of aryl methyl sites for hydroxylation is 1. The number of benzene rings is 3. The number of hydrogen-bond donors (Lipinski definition) is 0. The van der Waals surface area contributed by atoms with E-state index in [9.17, 15) is 22.9 Å². The predicted molar refractivity (Wildman–Crippen MR) is 150 cm³/mol. The number of hydrogen-bond acceptors (Lipinski definition) is 6. The monoisotopic (exact) mass is 562 g/mol. The molecule has 0 bridgehead atoms. The lowest BCUT2D eigenvalue weighted by molar-refractivity contribution is -0.155. The maximum absolute atomic E-state index is 13.9. The van der Waals surface area contributed by atoms with Crippen LogP contribution in [0.25, 0.3) is 11.0 Å². The Morgan fingerprint density at radius 3 is 2.45 bits per heavy atom. The van der Waals surface area contributed by atoms with Gasteiger partial charge in [0.1, 0.15) is 23.8 Å². The van der Waals surface area contributed by atoms with Crippen LogP contribution >= 0.6 is 0 Å². The van der Waals surface area contributed by atoms with Gasteiger partial charge in [-0.05, 0) is 81.3 Å². The number of ether oxygens (including phenoxy) is 1. The fourth-order valence-corrected chi connectivity index (χ4v) is 5.82. The average molecular weight is 563 g/mol. The molecular weight excluding hydrogens is 531 g/mol. The number of nitrogens with zero attached hydrogens (tertiary/aromatic N) is 4. The minimum atomic E-state index is -4.17. The Balaban J connectivity index is 1.83. The van der Waals surface area contributed by atoms with Crippen LogP contribution in [-0.2, 0) is 39.1 Å². The second kappa shape index (κ2) is 11.5. The summed E-state index contributed by atoms with van der Waals surface area (Å²) in [4.78, 5) is 17.3. The molecule has 1 heterocycles. The molecule has 4 rings (SSSR count). The Labute approximate surface area is 233 Å². The number of fused-ring (bicyclic) bond motifs is 1. The molecule has 208 valence electrons. The van der Waals surface area contributed by atoms with Crippen molar-refractivity contribution in [3.63, 3.8) is 0 Å². The lowest BCUT2D eigenvalue weighted by Crippen LogP contribution is -2.31. The van der Waals surface area contributed by atoms with Crippen LogP contribution in [0.4, 0.5) is 10.1 Å². The summed E-state index contributed by atoms with van der Waals surface area (Å²) >= 11 is 0. The number of anilines is 1. The standard InChI is InChI=1S/C30H31FN4O4S/c1-5-8-28-33-26-17-24(13-16-27(26)34(28)20-29(36)39-30(2,3)4)35(19-22-10-7-6-9-21(22)18-32)40(37,38)25-14-11-23(31)12-15-25/h6-7,9-17H,5,8,19-20H2,1-4H3. The van der Waals surface area contributed by atoms with E-state index in [0.717, 1.165) is 18.6 Å². The first-order chi connectivity index (χ1) is 18.9. The number of carbonyl (C=O) groups excluding carboxylic acids is 1. The van der Waals surface area contributed by atoms with Gasteiger partial charge in [0, 0.05) is 6.42 Å². The second-order valence-corrected chi connectivity index (χ2v) is 12.2. The zero-order chi connectivity index (χ0) is 29.1. The van der Waals surface area contributed by atoms with Gasteiger partial charge in [0.05, 0.1) is 39.8 Å². The van der Waals surface area contributed by atoms with E-state index in [2.05, 4.69) is 6.07 Å². The number of imidazole rings is 1. The summed E-state index contributed by atoms with van der Waals surface area (Å²) in [6, 6.07) is 18.5. The molecule has 0 radical (unpaired) electrons. The SMILES string of the molecule is CCCc1nc2cc(N(Cc3ccccc3C#N)S(=O)(=O)c3ccc(F)cc3)ccc2n1CC(=O)OC(C)(C)C. The molecule has 0 aliphatic carbocycles. The zero-order valence-electron chi connectivity index (χ0n) is 22.9. The van der Waals surface area contributed by atoms with Gasteiger partial charge in [0.2, 0.25) is 0 Å². The molecule has 0 amide bonds. The first-order valence-electron chi connectivity index (χ1n) is 12.9. The lowest BCUT2D eigenvalue weighted by atomic mass is 10.1. The highest BCUT2D eigenvalue weighted by Gasteiger charge is 2.27. The smallest absolute Gasteiger partial charge is 0.326 e. The summed E-state index contributed by atoms with van der Waals surface area (Å²) in [6.07, 6.45) is 1.40. The Kier molecular flexibility index (Phi) is 8.26. The van der Waals surface area contributed by atoms with Crippen molar-refractivity contribution in [3.05, 3.63) is 89.5 Å². The summed E-state index contributed by atoms with van der Waals surface area (Å²) in [7, 11) is -4.17. The van der Waals surface area contributed by atoms with E-state index in [4.69, 9.17) is 9.72 Å². The van der Waals surface area contributed by atoms with Crippen LogP contribution in [0.15, 0.2) is 71.6 Å². The van der Waals surface area contributed by atoms with Gasteiger partial charge in [0.25, 0.3) is 10.0 Å². The van der Waals surface area contributed by atoms with Gasteiger partial charge in [0.15, 0.2) is 0 Å². The molecule has 0 spiro atoms. The van der Waals surface area contributed by atoms with E-state index in [0.29, 0.717) is 40.1 Å². The summed E-state index contributed by atoms with van der Waals surface area (Å²) in [5, 5.41) is 9.61. The van der Waals surface area contributed by atoms with Crippen molar-refractivity contribution >= 4 is 32.7 Å². The summed E-state index contributed by atoms with van der Waals surface area (Å²) in [5.41, 5.74) is 1.70. The molecule has 1 aromatic heterocycles. The molecule has 3 aromatic carbocycles.